The lowest BCUT2D eigenvalue weighted by Gasteiger charge is -2.22. The van der Waals surface area contributed by atoms with Crippen LogP contribution in [0.4, 0.5) is 0 Å². The summed E-state index contributed by atoms with van der Waals surface area (Å²) in [6.07, 6.45) is 0.260. The van der Waals surface area contributed by atoms with Crippen molar-refractivity contribution in [3.8, 4) is 90.5 Å². The van der Waals surface area contributed by atoms with Crippen LogP contribution in [0.15, 0.2) is 97.1 Å². The molecule has 8 nitrogen and oxygen atoms in total. The summed E-state index contributed by atoms with van der Waals surface area (Å²) in [4.78, 5) is 0. The average molecular weight is 1250 g/mol. The van der Waals surface area contributed by atoms with Crippen LogP contribution >= 0.6 is 0 Å². The molecule has 8 aromatic carbocycles. The summed E-state index contributed by atoms with van der Waals surface area (Å²) in [7, 11) is 3.43. The number of rotatable bonds is 20. The van der Waals surface area contributed by atoms with Crippen molar-refractivity contribution in [2.75, 3.05) is 40.6 Å². The lowest BCUT2D eigenvalue weighted by atomic mass is 9.92. The molecule has 0 spiro atoms. The first-order valence-electron chi connectivity index (χ1n) is 33.2. The predicted molar refractivity (Wildman–Crippen MR) is 391 cm³/mol. The van der Waals surface area contributed by atoms with Gasteiger partial charge in [-0.05, 0) is 302 Å². The summed E-state index contributed by atoms with van der Waals surface area (Å²) in [5.41, 5.74) is 28.6. The summed E-state index contributed by atoms with van der Waals surface area (Å²) in [6, 6.07) is 34.5. The van der Waals surface area contributed by atoms with Gasteiger partial charge in [-0.15, -0.1) is 0 Å². The fraction of sp³-hybridized carbons (Fsp3) is 0.429. The molecule has 8 aromatic rings. The zero-order valence-electron chi connectivity index (χ0n) is 61.6. The summed E-state index contributed by atoms with van der Waals surface area (Å²) < 4.78 is 47.8. The summed E-state index contributed by atoms with van der Waals surface area (Å²) in [6.45, 7) is 57.7. The predicted octanol–water partition coefficient (Wildman–Crippen LogP) is 22.8. The lowest BCUT2D eigenvalue weighted by molar-refractivity contribution is 0.239. The Hall–Kier alpha value is -7.84. The molecule has 0 bridgehead atoms. The third-order valence-corrected chi connectivity index (χ3v) is 15.5. The average Bonchev–Trinajstić information content (AvgIpc) is 0.823. The Labute approximate surface area is 556 Å². The zero-order chi connectivity index (χ0) is 68.6. The van der Waals surface area contributed by atoms with Gasteiger partial charge in [0.1, 0.15) is 46.0 Å². The molecule has 8 rings (SSSR count). The second-order valence-electron chi connectivity index (χ2n) is 26.7. The van der Waals surface area contributed by atoms with Crippen LogP contribution < -0.4 is 37.9 Å². The minimum absolute atomic E-state index is 0.130. The Morgan fingerprint density at radius 1 is 0.239 bits per heavy atom. The first kappa shape index (κ1) is 74.9. The van der Waals surface area contributed by atoms with Crippen LogP contribution in [0.5, 0.6) is 46.0 Å². The van der Waals surface area contributed by atoms with Crippen molar-refractivity contribution < 1.29 is 37.9 Å². The van der Waals surface area contributed by atoms with E-state index in [0.717, 1.165) is 90.5 Å². The van der Waals surface area contributed by atoms with Crippen molar-refractivity contribution in [2.45, 2.75) is 192 Å². The van der Waals surface area contributed by atoms with Crippen LogP contribution in [0.25, 0.3) is 44.5 Å². The summed E-state index contributed by atoms with van der Waals surface area (Å²) in [5, 5.41) is 0. The highest BCUT2D eigenvalue weighted by Crippen LogP contribution is 2.47. The highest BCUT2D eigenvalue weighted by molar-refractivity contribution is 5.85. The largest absolute Gasteiger partial charge is 0.496 e. The Balaban J connectivity index is 0.000000224. The van der Waals surface area contributed by atoms with Crippen molar-refractivity contribution in [3.63, 3.8) is 0 Å². The van der Waals surface area contributed by atoms with E-state index in [0.29, 0.717) is 38.3 Å². The van der Waals surface area contributed by atoms with E-state index in [9.17, 15) is 0 Å². The molecule has 0 heterocycles. The second kappa shape index (κ2) is 34.2. The van der Waals surface area contributed by atoms with Crippen LogP contribution in [0.1, 0.15) is 158 Å². The van der Waals surface area contributed by atoms with Gasteiger partial charge >= 0.3 is 0 Å². The van der Waals surface area contributed by atoms with E-state index in [-0.39, 0.29) is 12.2 Å². The van der Waals surface area contributed by atoms with Crippen LogP contribution in [0, 0.1) is 123 Å². The molecule has 0 aliphatic carbocycles. The quantitative estimate of drug-likeness (QED) is 0.0747. The topological polar surface area (TPSA) is 73.8 Å². The van der Waals surface area contributed by atoms with E-state index >= 15 is 0 Å². The molecule has 0 atom stereocenters. The van der Waals surface area contributed by atoms with E-state index < -0.39 is 0 Å². The van der Waals surface area contributed by atoms with Crippen molar-refractivity contribution in [1.29, 1.82) is 0 Å². The first-order chi connectivity index (χ1) is 43.3. The third kappa shape index (κ3) is 20.1. The molecule has 0 radical (unpaired) electrons. The Morgan fingerprint density at radius 3 is 0.598 bits per heavy atom. The molecule has 0 N–H and O–H groups in total. The van der Waals surface area contributed by atoms with Gasteiger partial charge in [0, 0.05) is 44.5 Å². The van der Waals surface area contributed by atoms with Gasteiger partial charge < -0.3 is 37.9 Å². The fourth-order valence-electron chi connectivity index (χ4n) is 12.3. The summed E-state index contributed by atoms with van der Waals surface area (Å²) in [5.74, 6) is 8.42. The molecule has 0 saturated carbocycles. The molecule has 0 unspecified atom stereocenters. The van der Waals surface area contributed by atoms with E-state index in [1.165, 1.54) is 89.0 Å². The molecular weight excluding hydrogens is 1140 g/mol. The molecular formula is C84H112O8. The van der Waals surface area contributed by atoms with Gasteiger partial charge in [0.15, 0.2) is 0 Å². The Bertz CT molecular complexity index is 3540. The molecule has 0 fully saturated rings. The number of ether oxygens (including phenoxy) is 8. The smallest absolute Gasteiger partial charge is 0.128 e. The highest BCUT2D eigenvalue weighted by Gasteiger charge is 2.24. The highest BCUT2D eigenvalue weighted by atomic mass is 16.5. The number of methoxy groups -OCH3 is 2. The molecule has 8 heteroatoms. The van der Waals surface area contributed by atoms with Crippen molar-refractivity contribution in [1.82, 2.24) is 0 Å². The van der Waals surface area contributed by atoms with Crippen LogP contribution in [-0.2, 0) is 0 Å². The van der Waals surface area contributed by atoms with Crippen molar-refractivity contribution >= 4 is 0 Å². The lowest BCUT2D eigenvalue weighted by Crippen LogP contribution is -2.10. The number of aryl methyl sites for hydroxylation is 16. The molecule has 0 saturated heterocycles. The van der Waals surface area contributed by atoms with Gasteiger partial charge in [-0.1, -0.05) is 76.2 Å². The van der Waals surface area contributed by atoms with Gasteiger partial charge in [0.25, 0.3) is 0 Å². The normalized spacial score (nSPS) is 11.0. The standard InChI is InChI=1S/C24H34O2.C22H30O2.C20H26O2.C18H22O2/c1-15(2)13-25-21-11-17(5)9-19(7)23(21)24-20(8)10-18(6)12-22(24)26-14-16(3)4;1-13(2)23-19-11-15(5)9-17(7)21(19)22-18(8)10-16(6)12-20(22)24-14(3)4;1-7-21-17-11-13(3)9-15(5)19(17)20-16(6)10-14(4)12-18(20)22-8-2;1-11-7-13(3)17(15(9-11)19-5)18-14(4)8-12(2)10-16(18)20-6/h9-12,15-16H,13-14H2,1-8H3;9-14H,1-8H3;9-12H,7-8H2,1-6H3;7-10H,1-6H3. The number of hydrogen-bond donors (Lipinski definition) is 0. The second-order valence-corrected chi connectivity index (χ2v) is 26.7. The fourth-order valence-corrected chi connectivity index (χ4v) is 12.3. The first-order valence-corrected chi connectivity index (χ1v) is 33.2. The SMILES string of the molecule is CCOc1cc(C)cc(C)c1-c1c(C)cc(C)cc1OCC.COc1cc(C)cc(C)c1-c1c(C)cc(C)cc1OC.Cc1cc(C)c(-c2c(C)cc(C)cc2OC(C)C)c(OC(C)C)c1.Cc1cc(C)c(-c2c(C)cc(C)cc2OCC(C)C)c(OCC(C)C)c1. The van der Waals surface area contributed by atoms with E-state index in [4.69, 9.17) is 37.9 Å². The maximum absolute atomic E-state index is 6.22. The van der Waals surface area contributed by atoms with Gasteiger partial charge in [0.05, 0.1) is 52.9 Å². The minimum atomic E-state index is 0.130. The number of benzene rings is 8. The van der Waals surface area contributed by atoms with E-state index in [2.05, 4.69) is 263 Å². The van der Waals surface area contributed by atoms with Gasteiger partial charge in [-0.2, -0.15) is 0 Å². The third-order valence-electron chi connectivity index (χ3n) is 15.5. The van der Waals surface area contributed by atoms with E-state index in [1.54, 1.807) is 14.2 Å². The molecule has 0 aromatic heterocycles. The molecule has 496 valence electrons. The summed E-state index contributed by atoms with van der Waals surface area (Å²) >= 11 is 0. The van der Waals surface area contributed by atoms with Crippen molar-refractivity contribution in [3.05, 3.63) is 186 Å². The Morgan fingerprint density at radius 2 is 0.413 bits per heavy atom. The maximum atomic E-state index is 6.22. The Kier molecular flexibility index (Phi) is 27.8. The van der Waals surface area contributed by atoms with Crippen LogP contribution in [0.3, 0.4) is 0 Å². The molecule has 0 amide bonds. The van der Waals surface area contributed by atoms with Crippen molar-refractivity contribution in [2.24, 2.45) is 11.8 Å². The minimum Gasteiger partial charge on any atom is -0.496 e. The van der Waals surface area contributed by atoms with Gasteiger partial charge in [-0.25, -0.2) is 0 Å². The number of hydrogen-bond acceptors (Lipinski definition) is 8. The van der Waals surface area contributed by atoms with Crippen LogP contribution in [-0.4, -0.2) is 52.9 Å². The molecule has 0 aliphatic rings. The molecule has 92 heavy (non-hydrogen) atoms. The monoisotopic (exact) mass is 1250 g/mol. The van der Waals surface area contributed by atoms with E-state index in [1.807, 2.05) is 13.8 Å². The maximum Gasteiger partial charge on any atom is 0.128 e. The van der Waals surface area contributed by atoms with Crippen LogP contribution in [0.2, 0.25) is 0 Å². The zero-order valence-corrected chi connectivity index (χ0v) is 61.6. The van der Waals surface area contributed by atoms with Gasteiger partial charge in [0.2, 0.25) is 0 Å². The molecule has 0 aliphatic heterocycles. The van der Waals surface area contributed by atoms with Gasteiger partial charge in [-0.3, -0.25) is 0 Å².